The Bertz CT molecular complexity index is 403. The summed E-state index contributed by atoms with van der Waals surface area (Å²) in [5.74, 6) is -2.38. The van der Waals surface area contributed by atoms with Gasteiger partial charge in [0, 0.05) is 19.6 Å². The van der Waals surface area contributed by atoms with Crippen LogP contribution in [0.15, 0.2) is 12.1 Å². The molecule has 1 aromatic carbocycles. The third kappa shape index (κ3) is 3.60. The van der Waals surface area contributed by atoms with Gasteiger partial charge in [-0.15, -0.1) is 0 Å². The number of hydrogen-bond acceptors (Lipinski definition) is 2. The number of ketones is 1. The van der Waals surface area contributed by atoms with Crippen LogP contribution in [0, 0.1) is 18.6 Å². The van der Waals surface area contributed by atoms with E-state index in [-0.39, 0.29) is 23.3 Å². The molecule has 17 heavy (non-hydrogen) atoms. The lowest BCUT2D eigenvalue weighted by molar-refractivity contribution is 0.0942. The Balaban J connectivity index is 2.66. The van der Waals surface area contributed by atoms with Gasteiger partial charge in [-0.25, -0.2) is 8.78 Å². The van der Waals surface area contributed by atoms with E-state index in [1.165, 1.54) is 19.1 Å². The van der Waals surface area contributed by atoms with Crippen LogP contribution in [0.2, 0.25) is 0 Å². The Kier molecular flexibility index (Phi) is 5.22. The minimum atomic E-state index is -1.05. The van der Waals surface area contributed by atoms with E-state index in [1.807, 2.05) is 6.92 Å². The van der Waals surface area contributed by atoms with Crippen LogP contribution in [0.4, 0.5) is 8.78 Å². The molecule has 1 aromatic rings. The molecule has 0 fully saturated rings. The molecule has 0 N–H and O–H groups in total. The molecule has 0 radical (unpaired) electrons. The van der Waals surface area contributed by atoms with E-state index in [1.54, 1.807) is 0 Å². The summed E-state index contributed by atoms with van der Waals surface area (Å²) in [5.41, 5.74) is 0.0259. The van der Waals surface area contributed by atoms with Crippen molar-refractivity contribution in [2.45, 2.75) is 26.7 Å². The zero-order valence-electron chi connectivity index (χ0n) is 10.1. The molecule has 2 nitrogen and oxygen atoms in total. The van der Waals surface area contributed by atoms with Gasteiger partial charge < -0.3 is 4.74 Å². The van der Waals surface area contributed by atoms with Gasteiger partial charge in [-0.2, -0.15) is 0 Å². The van der Waals surface area contributed by atoms with Crippen molar-refractivity contribution in [3.05, 3.63) is 34.9 Å². The predicted molar refractivity (Wildman–Crippen MR) is 61.2 cm³/mol. The van der Waals surface area contributed by atoms with E-state index in [9.17, 15) is 13.6 Å². The molecular weight excluding hydrogens is 226 g/mol. The van der Waals surface area contributed by atoms with Gasteiger partial charge in [-0.3, -0.25) is 4.79 Å². The number of rotatable bonds is 6. The van der Waals surface area contributed by atoms with Crippen molar-refractivity contribution in [2.24, 2.45) is 0 Å². The highest BCUT2D eigenvalue weighted by Crippen LogP contribution is 2.17. The summed E-state index contributed by atoms with van der Waals surface area (Å²) in [6.07, 6.45) is 0.682. The molecule has 0 aliphatic rings. The van der Waals surface area contributed by atoms with Crippen LogP contribution in [-0.2, 0) is 4.74 Å². The van der Waals surface area contributed by atoms with Gasteiger partial charge >= 0.3 is 0 Å². The van der Waals surface area contributed by atoms with Crippen molar-refractivity contribution < 1.29 is 18.3 Å². The largest absolute Gasteiger partial charge is 0.382 e. The molecular formula is C13H16F2O2. The summed E-state index contributed by atoms with van der Waals surface area (Å²) in [6, 6.07) is 2.74. The molecule has 94 valence electrons. The van der Waals surface area contributed by atoms with E-state index in [2.05, 4.69) is 0 Å². The number of benzene rings is 1. The Hall–Kier alpha value is -1.29. The van der Waals surface area contributed by atoms with Crippen LogP contribution in [-0.4, -0.2) is 19.0 Å². The Labute approximate surface area is 99.6 Å². The molecule has 0 aliphatic carbocycles. The number of Topliss-reactive ketones (excluding diaryl/α,β-unsaturated/α-hetero) is 1. The minimum absolute atomic E-state index is 0.166. The topological polar surface area (TPSA) is 26.3 Å². The first-order valence-electron chi connectivity index (χ1n) is 5.63. The average molecular weight is 242 g/mol. The number of carbonyl (C=O) groups is 1. The summed E-state index contributed by atoms with van der Waals surface area (Å²) < 4.78 is 31.8. The van der Waals surface area contributed by atoms with E-state index in [0.29, 0.717) is 19.6 Å². The van der Waals surface area contributed by atoms with Crippen LogP contribution >= 0.6 is 0 Å². The highest BCUT2D eigenvalue weighted by molar-refractivity contribution is 5.96. The van der Waals surface area contributed by atoms with E-state index >= 15 is 0 Å². The molecule has 0 bridgehead atoms. The first-order chi connectivity index (χ1) is 8.07. The van der Waals surface area contributed by atoms with Crippen LogP contribution in [0.5, 0.6) is 0 Å². The summed E-state index contributed by atoms with van der Waals surface area (Å²) in [5, 5.41) is 0. The average Bonchev–Trinajstić information content (AvgIpc) is 2.31. The van der Waals surface area contributed by atoms with E-state index < -0.39 is 11.6 Å². The predicted octanol–water partition coefficient (Wildman–Crippen LogP) is 3.27. The van der Waals surface area contributed by atoms with E-state index in [4.69, 9.17) is 4.74 Å². The van der Waals surface area contributed by atoms with Crippen molar-refractivity contribution in [2.75, 3.05) is 13.2 Å². The lowest BCUT2D eigenvalue weighted by Crippen LogP contribution is -2.07. The maximum atomic E-state index is 13.5. The molecule has 0 saturated heterocycles. The minimum Gasteiger partial charge on any atom is -0.382 e. The van der Waals surface area contributed by atoms with Gasteiger partial charge in [0.15, 0.2) is 17.4 Å². The van der Waals surface area contributed by atoms with Gasteiger partial charge in [0.2, 0.25) is 0 Å². The van der Waals surface area contributed by atoms with Gasteiger partial charge in [0.25, 0.3) is 0 Å². The summed E-state index contributed by atoms with van der Waals surface area (Å²) in [7, 11) is 0. The van der Waals surface area contributed by atoms with Crippen molar-refractivity contribution >= 4 is 5.78 Å². The molecule has 0 spiro atoms. The Morgan fingerprint density at radius 1 is 1.29 bits per heavy atom. The van der Waals surface area contributed by atoms with Crippen LogP contribution in [0.25, 0.3) is 0 Å². The van der Waals surface area contributed by atoms with Crippen molar-refractivity contribution in [3.8, 4) is 0 Å². The van der Waals surface area contributed by atoms with Crippen LogP contribution < -0.4 is 0 Å². The lowest BCUT2D eigenvalue weighted by atomic mass is 10.0. The Morgan fingerprint density at radius 2 is 2.00 bits per heavy atom. The molecule has 0 atom stereocenters. The molecule has 0 aromatic heterocycles. The molecule has 1 rings (SSSR count). The second-order valence-corrected chi connectivity index (χ2v) is 3.78. The summed E-state index contributed by atoms with van der Waals surface area (Å²) >= 11 is 0. The first-order valence-corrected chi connectivity index (χ1v) is 5.63. The second kappa shape index (κ2) is 6.45. The highest BCUT2D eigenvalue weighted by atomic mass is 19.2. The third-order valence-electron chi connectivity index (χ3n) is 2.47. The standard InChI is InChI=1S/C13H16F2O2/c1-3-17-8-4-5-11(16)10-7-6-9(2)12(14)13(10)15/h6-7H,3-5,8H2,1-2H3. The fourth-order valence-electron chi connectivity index (χ4n) is 1.48. The van der Waals surface area contributed by atoms with Crippen molar-refractivity contribution in [3.63, 3.8) is 0 Å². The number of halogens is 2. The summed E-state index contributed by atoms with van der Waals surface area (Å²) in [4.78, 5) is 11.6. The first kappa shape index (κ1) is 13.8. The van der Waals surface area contributed by atoms with Gasteiger partial charge in [-0.05, 0) is 31.9 Å². The second-order valence-electron chi connectivity index (χ2n) is 3.78. The summed E-state index contributed by atoms with van der Waals surface area (Å²) in [6.45, 7) is 4.36. The number of ether oxygens (including phenoxy) is 1. The number of hydrogen-bond donors (Lipinski definition) is 0. The fourth-order valence-corrected chi connectivity index (χ4v) is 1.48. The Morgan fingerprint density at radius 3 is 2.65 bits per heavy atom. The lowest BCUT2D eigenvalue weighted by Gasteiger charge is -2.05. The monoisotopic (exact) mass is 242 g/mol. The fraction of sp³-hybridized carbons (Fsp3) is 0.462. The molecule has 0 saturated carbocycles. The molecule has 0 aliphatic heterocycles. The SMILES string of the molecule is CCOCCCC(=O)c1ccc(C)c(F)c1F. The maximum Gasteiger partial charge on any atom is 0.169 e. The van der Waals surface area contributed by atoms with E-state index in [0.717, 1.165) is 0 Å². The van der Waals surface area contributed by atoms with Crippen molar-refractivity contribution in [1.29, 1.82) is 0 Å². The number of carbonyl (C=O) groups excluding carboxylic acids is 1. The maximum absolute atomic E-state index is 13.5. The number of aryl methyl sites for hydroxylation is 1. The third-order valence-corrected chi connectivity index (χ3v) is 2.47. The highest BCUT2D eigenvalue weighted by Gasteiger charge is 2.16. The zero-order valence-corrected chi connectivity index (χ0v) is 10.1. The van der Waals surface area contributed by atoms with Crippen LogP contribution in [0.3, 0.4) is 0 Å². The van der Waals surface area contributed by atoms with Gasteiger partial charge in [0.1, 0.15) is 0 Å². The smallest absolute Gasteiger partial charge is 0.169 e. The van der Waals surface area contributed by atoms with Gasteiger partial charge in [0.05, 0.1) is 5.56 Å². The van der Waals surface area contributed by atoms with Crippen LogP contribution in [0.1, 0.15) is 35.7 Å². The molecule has 0 unspecified atom stereocenters. The van der Waals surface area contributed by atoms with Crippen molar-refractivity contribution in [1.82, 2.24) is 0 Å². The van der Waals surface area contributed by atoms with Gasteiger partial charge in [-0.1, -0.05) is 6.07 Å². The molecule has 4 heteroatoms. The zero-order chi connectivity index (χ0) is 12.8. The molecule has 0 amide bonds. The normalized spacial score (nSPS) is 10.6. The molecule has 0 heterocycles. The quantitative estimate of drug-likeness (QED) is 0.565.